The number of hydrogen-bond acceptors (Lipinski definition) is 5. The molecule has 4 atom stereocenters. The Morgan fingerprint density at radius 1 is 1.27 bits per heavy atom. The Balaban J connectivity index is 1.70. The first-order valence-electron chi connectivity index (χ1n) is 7.99. The second kappa shape index (κ2) is 6.67. The van der Waals surface area contributed by atoms with Gasteiger partial charge in [-0.25, -0.2) is 0 Å². The summed E-state index contributed by atoms with van der Waals surface area (Å²) in [7, 11) is 2.18. The molecule has 2 aliphatic heterocycles. The predicted molar refractivity (Wildman–Crippen MR) is 84.2 cm³/mol. The molecule has 2 N–H and O–H groups in total. The van der Waals surface area contributed by atoms with E-state index in [1.54, 1.807) is 0 Å². The summed E-state index contributed by atoms with van der Waals surface area (Å²) in [5.74, 6) is -0.189. The van der Waals surface area contributed by atoms with E-state index >= 15 is 0 Å². The fraction of sp³-hybridized carbons (Fsp3) is 0.588. The van der Waals surface area contributed by atoms with Gasteiger partial charge in [0.05, 0.1) is 12.5 Å². The van der Waals surface area contributed by atoms with Crippen molar-refractivity contribution >= 4 is 5.90 Å². The van der Waals surface area contributed by atoms with E-state index in [-0.39, 0.29) is 18.6 Å². The molecule has 1 aromatic rings. The van der Waals surface area contributed by atoms with E-state index in [9.17, 15) is 10.3 Å². The van der Waals surface area contributed by atoms with Gasteiger partial charge in [0.25, 0.3) is 0 Å². The average Bonchev–Trinajstić information content (AvgIpc) is 2.77. The number of ether oxygens (including phenoxy) is 1. The zero-order valence-electron chi connectivity index (χ0n) is 12.9. The lowest BCUT2D eigenvalue weighted by atomic mass is 9.98. The molecule has 120 valence electrons. The molecule has 5 nitrogen and oxygen atoms in total. The Morgan fingerprint density at radius 3 is 2.45 bits per heavy atom. The molecule has 2 unspecified atom stereocenters. The fourth-order valence-corrected chi connectivity index (χ4v) is 3.82. The van der Waals surface area contributed by atoms with Crippen molar-refractivity contribution in [3.63, 3.8) is 0 Å². The largest absolute Gasteiger partial charge is 0.475 e. The summed E-state index contributed by atoms with van der Waals surface area (Å²) in [5, 5.41) is 22.4. The van der Waals surface area contributed by atoms with Crippen LogP contribution in [0.4, 0.5) is 0 Å². The number of fused-ring (bicyclic) bond motifs is 2. The van der Waals surface area contributed by atoms with Gasteiger partial charge in [0, 0.05) is 12.1 Å². The second-order valence-corrected chi connectivity index (χ2v) is 6.35. The molecule has 2 aliphatic rings. The first-order chi connectivity index (χ1) is 10.7. The summed E-state index contributed by atoms with van der Waals surface area (Å²) in [4.78, 5) is 2.44. The summed E-state index contributed by atoms with van der Waals surface area (Å²) < 4.78 is 5.99. The molecule has 2 bridgehead atoms. The molecule has 3 rings (SSSR count). The van der Waals surface area contributed by atoms with Crippen molar-refractivity contribution in [1.29, 1.82) is 0 Å². The third kappa shape index (κ3) is 2.96. The molecule has 0 spiro atoms. The Kier molecular flexibility index (Phi) is 4.64. The minimum atomic E-state index is -0.413. The summed E-state index contributed by atoms with van der Waals surface area (Å²) in [5.41, 5.74) is 0.897. The van der Waals surface area contributed by atoms with E-state index < -0.39 is 5.92 Å². The topological polar surface area (TPSA) is 65.3 Å². The molecule has 0 amide bonds. The van der Waals surface area contributed by atoms with E-state index in [1.165, 1.54) is 12.8 Å². The van der Waals surface area contributed by atoms with Gasteiger partial charge >= 0.3 is 0 Å². The number of piperidine rings is 1. The Hall–Kier alpha value is -1.59. The highest BCUT2D eigenvalue weighted by Crippen LogP contribution is 2.36. The number of nitrogens with zero attached hydrogens (tertiary/aromatic N) is 2. The van der Waals surface area contributed by atoms with E-state index in [1.807, 2.05) is 30.3 Å². The zero-order chi connectivity index (χ0) is 15.5. The van der Waals surface area contributed by atoms with Crippen LogP contribution in [0.2, 0.25) is 0 Å². The van der Waals surface area contributed by atoms with Gasteiger partial charge in [-0.05, 0) is 38.3 Å². The van der Waals surface area contributed by atoms with E-state index in [4.69, 9.17) is 4.74 Å². The van der Waals surface area contributed by atoms with Crippen LogP contribution >= 0.6 is 0 Å². The predicted octanol–water partition coefficient (Wildman–Crippen LogP) is 2.19. The average molecular weight is 304 g/mol. The quantitative estimate of drug-likeness (QED) is 0.387. The van der Waals surface area contributed by atoms with Crippen molar-refractivity contribution in [3.05, 3.63) is 35.9 Å². The van der Waals surface area contributed by atoms with Crippen LogP contribution in [0.25, 0.3) is 0 Å². The molecule has 22 heavy (non-hydrogen) atoms. The van der Waals surface area contributed by atoms with E-state index in [0.717, 1.165) is 18.4 Å². The highest BCUT2D eigenvalue weighted by molar-refractivity contribution is 5.83. The highest BCUT2D eigenvalue weighted by atomic mass is 16.5. The van der Waals surface area contributed by atoms with Crippen molar-refractivity contribution in [3.8, 4) is 0 Å². The molecule has 0 aromatic heterocycles. The third-order valence-electron chi connectivity index (χ3n) is 5.12. The number of rotatable bonds is 4. The number of hydrogen-bond donors (Lipinski definition) is 2. The van der Waals surface area contributed by atoms with Gasteiger partial charge in [0.2, 0.25) is 5.90 Å². The summed E-state index contributed by atoms with van der Waals surface area (Å²) in [6, 6.07) is 10.7. The monoisotopic (exact) mass is 304 g/mol. The Bertz CT molecular complexity index is 506. The van der Waals surface area contributed by atoms with Gasteiger partial charge in [-0.1, -0.05) is 35.5 Å². The lowest BCUT2D eigenvalue weighted by Gasteiger charge is -2.36. The van der Waals surface area contributed by atoms with Gasteiger partial charge < -0.3 is 20.0 Å². The summed E-state index contributed by atoms with van der Waals surface area (Å²) in [6.07, 6.45) is 4.42. The SMILES string of the molecule is CN1[C@@H]2CC[C@H]1CC(OC(=NO)C(CO)c1ccccc1)C2. The van der Waals surface area contributed by atoms with Crippen LogP contribution in [0, 0.1) is 0 Å². The number of aliphatic hydroxyl groups is 1. The lowest BCUT2D eigenvalue weighted by Crippen LogP contribution is -2.44. The van der Waals surface area contributed by atoms with Crippen molar-refractivity contribution < 1.29 is 15.1 Å². The Morgan fingerprint density at radius 2 is 1.91 bits per heavy atom. The van der Waals surface area contributed by atoms with Crippen LogP contribution in [0.15, 0.2) is 35.5 Å². The molecule has 2 fully saturated rings. The number of oxime groups is 1. The lowest BCUT2D eigenvalue weighted by molar-refractivity contribution is 0.0504. The molecule has 0 saturated carbocycles. The molecular formula is C17H24N2O3. The van der Waals surface area contributed by atoms with Crippen molar-refractivity contribution in [2.75, 3.05) is 13.7 Å². The molecule has 5 heteroatoms. The number of benzene rings is 1. The van der Waals surface area contributed by atoms with Crippen LogP contribution in [0.1, 0.15) is 37.2 Å². The Labute approximate surface area is 131 Å². The van der Waals surface area contributed by atoms with E-state index in [0.29, 0.717) is 12.1 Å². The summed E-state index contributed by atoms with van der Waals surface area (Å²) in [6.45, 7) is -0.136. The zero-order valence-corrected chi connectivity index (χ0v) is 12.9. The van der Waals surface area contributed by atoms with Crippen molar-refractivity contribution in [2.45, 2.75) is 49.8 Å². The maximum atomic E-state index is 9.69. The minimum absolute atomic E-state index is 0.0670. The van der Waals surface area contributed by atoms with Crippen LogP contribution in [-0.2, 0) is 4.74 Å². The van der Waals surface area contributed by atoms with Crippen molar-refractivity contribution in [2.24, 2.45) is 5.16 Å². The van der Waals surface area contributed by atoms with Gasteiger partial charge in [-0.2, -0.15) is 0 Å². The molecular weight excluding hydrogens is 280 g/mol. The van der Waals surface area contributed by atoms with Crippen LogP contribution in [0.5, 0.6) is 0 Å². The summed E-state index contributed by atoms with van der Waals surface area (Å²) >= 11 is 0. The third-order valence-corrected chi connectivity index (χ3v) is 5.12. The molecule has 0 radical (unpaired) electrons. The van der Waals surface area contributed by atoms with Gasteiger partial charge in [-0.3, -0.25) is 0 Å². The molecule has 2 saturated heterocycles. The minimum Gasteiger partial charge on any atom is -0.475 e. The highest BCUT2D eigenvalue weighted by Gasteiger charge is 2.40. The first-order valence-corrected chi connectivity index (χ1v) is 7.99. The van der Waals surface area contributed by atoms with Gasteiger partial charge in [0.15, 0.2) is 0 Å². The second-order valence-electron chi connectivity index (χ2n) is 6.35. The normalized spacial score (nSPS) is 30.3. The van der Waals surface area contributed by atoms with E-state index in [2.05, 4.69) is 17.1 Å². The molecule has 2 heterocycles. The smallest absolute Gasteiger partial charge is 0.235 e. The molecule has 1 aromatic carbocycles. The van der Waals surface area contributed by atoms with Crippen LogP contribution in [0.3, 0.4) is 0 Å². The van der Waals surface area contributed by atoms with Crippen LogP contribution < -0.4 is 0 Å². The van der Waals surface area contributed by atoms with Crippen LogP contribution in [-0.4, -0.2) is 53.0 Å². The maximum Gasteiger partial charge on any atom is 0.235 e. The molecule has 0 aliphatic carbocycles. The maximum absolute atomic E-state index is 9.69. The van der Waals surface area contributed by atoms with Gasteiger partial charge in [0.1, 0.15) is 6.10 Å². The van der Waals surface area contributed by atoms with Crippen molar-refractivity contribution in [1.82, 2.24) is 4.90 Å². The number of aliphatic hydroxyl groups excluding tert-OH is 1. The standard InChI is InChI=1S/C17H24N2O3/c1-19-13-7-8-14(19)10-15(9-13)22-17(18-21)16(11-20)12-5-3-2-4-6-12/h2-6,13-16,20-21H,7-11H2,1H3/t13-,14+,15?,16?. The van der Waals surface area contributed by atoms with Gasteiger partial charge in [-0.15, -0.1) is 0 Å². The first kappa shape index (κ1) is 15.3. The fourth-order valence-electron chi connectivity index (χ4n) is 3.82.